The van der Waals surface area contributed by atoms with Crippen molar-refractivity contribution in [2.24, 2.45) is 17.6 Å². The average Bonchev–Trinajstić information content (AvgIpc) is 3.17. The van der Waals surface area contributed by atoms with Crippen LogP contribution in [0.1, 0.15) is 81.0 Å². The second kappa shape index (κ2) is 8.17. The number of carbonyl (C=O) groups excluding carboxylic acids is 1. The Morgan fingerprint density at radius 2 is 1.72 bits per heavy atom. The molecule has 157 valence electrons. The second-order valence-electron chi connectivity index (χ2n) is 9.76. The molecule has 1 aliphatic heterocycles. The third-order valence-corrected chi connectivity index (χ3v) is 8.02. The number of benzene rings is 1. The molecule has 1 amide bonds. The number of primary amides is 1. The molecule has 5 nitrogen and oxygen atoms in total. The van der Waals surface area contributed by atoms with Gasteiger partial charge in [-0.15, -0.1) is 0 Å². The molecule has 0 bridgehead atoms. The van der Waals surface area contributed by atoms with E-state index in [1.54, 1.807) is 0 Å². The van der Waals surface area contributed by atoms with Gasteiger partial charge in [-0.05, 0) is 75.0 Å². The van der Waals surface area contributed by atoms with Gasteiger partial charge < -0.3 is 21.3 Å². The highest BCUT2D eigenvalue weighted by Gasteiger charge is 2.35. The van der Waals surface area contributed by atoms with Gasteiger partial charge >= 0.3 is 0 Å². The molecule has 3 saturated carbocycles. The average molecular weight is 396 g/mol. The number of fused-ring (bicyclic) bond motifs is 2. The minimum atomic E-state index is -0.373. The van der Waals surface area contributed by atoms with Gasteiger partial charge in [-0.25, -0.2) is 0 Å². The van der Waals surface area contributed by atoms with E-state index in [4.69, 9.17) is 5.73 Å². The number of nitrogens with two attached hydrogens (primary N) is 1. The van der Waals surface area contributed by atoms with Gasteiger partial charge in [0.05, 0.1) is 11.4 Å². The van der Waals surface area contributed by atoms with Crippen LogP contribution in [0.25, 0.3) is 0 Å². The molecular weight excluding hydrogens is 360 g/mol. The number of nitrogens with zero attached hydrogens (tertiary/aromatic N) is 1. The Hall–Kier alpha value is -1.75. The van der Waals surface area contributed by atoms with Crippen LogP contribution in [0, 0.1) is 18.5 Å². The van der Waals surface area contributed by atoms with Crippen LogP contribution in [0.15, 0.2) is 18.2 Å². The molecule has 4 N–H and O–H groups in total. The van der Waals surface area contributed by atoms with Crippen molar-refractivity contribution in [3.8, 4) is 0 Å². The van der Waals surface area contributed by atoms with E-state index >= 15 is 0 Å². The molecule has 1 aromatic rings. The molecule has 0 spiro atoms. The van der Waals surface area contributed by atoms with Crippen molar-refractivity contribution in [2.45, 2.75) is 88.8 Å². The lowest BCUT2D eigenvalue weighted by Gasteiger charge is -2.42. The Morgan fingerprint density at radius 3 is 2.52 bits per heavy atom. The molecule has 29 heavy (non-hydrogen) atoms. The number of anilines is 2. The van der Waals surface area contributed by atoms with Crippen LogP contribution in [-0.2, 0) is 0 Å². The van der Waals surface area contributed by atoms with Crippen LogP contribution in [0.3, 0.4) is 0 Å². The summed E-state index contributed by atoms with van der Waals surface area (Å²) in [6.45, 7) is 2.07. The van der Waals surface area contributed by atoms with Gasteiger partial charge in [-0.1, -0.05) is 25.7 Å². The second-order valence-corrected chi connectivity index (χ2v) is 9.76. The molecule has 3 atom stereocenters. The van der Waals surface area contributed by atoms with Gasteiger partial charge in [-0.2, -0.15) is 0 Å². The minimum Gasteiger partial charge on any atom is -0.366 e. The lowest BCUT2D eigenvalue weighted by atomic mass is 9.69. The topological polar surface area (TPSA) is 70.4 Å². The van der Waals surface area contributed by atoms with E-state index < -0.39 is 0 Å². The van der Waals surface area contributed by atoms with Crippen LogP contribution in [0.4, 0.5) is 11.4 Å². The van der Waals surface area contributed by atoms with E-state index in [0.717, 1.165) is 23.6 Å². The first-order chi connectivity index (χ1) is 14.2. The van der Waals surface area contributed by atoms with E-state index in [2.05, 4.69) is 22.2 Å². The van der Waals surface area contributed by atoms with Crippen LogP contribution in [-0.4, -0.2) is 24.0 Å². The third kappa shape index (κ3) is 3.98. The van der Waals surface area contributed by atoms with E-state index in [1.165, 1.54) is 76.3 Å². The predicted octanol–water partition coefficient (Wildman–Crippen LogP) is 4.40. The molecule has 3 unspecified atom stereocenters. The van der Waals surface area contributed by atoms with Gasteiger partial charge in [-0.3, -0.25) is 4.79 Å². The van der Waals surface area contributed by atoms with E-state index in [0.29, 0.717) is 17.6 Å². The van der Waals surface area contributed by atoms with Crippen LogP contribution >= 0.6 is 0 Å². The Morgan fingerprint density at radius 1 is 0.966 bits per heavy atom. The van der Waals surface area contributed by atoms with Crippen molar-refractivity contribution in [2.75, 3.05) is 10.2 Å². The summed E-state index contributed by atoms with van der Waals surface area (Å²) < 4.78 is 0. The molecule has 5 rings (SSSR count). The fourth-order valence-corrected chi connectivity index (χ4v) is 6.42. The maximum absolute atomic E-state index is 11.4. The van der Waals surface area contributed by atoms with Crippen molar-refractivity contribution in [1.82, 2.24) is 5.32 Å². The molecule has 1 radical (unpaired) electrons. The summed E-state index contributed by atoms with van der Waals surface area (Å²) in [6, 6.07) is 7.70. The quantitative estimate of drug-likeness (QED) is 0.707. The molecule has 3 fully saturated rings. The highest BCUT2D eigenvalue weighted by Crippen LogP contribution is 2.41. The number of rotatable bonds is 4. The number of carbonyl (C=O) groups is 1. The Bertz CT molecular complexity index is 742. The van der Waals surface area contributed by atoms with Crippen LogP contribution < -0.4 is 21.3 Å². The first kappa shape index (κ1) is 19.2. The standard InChI is InChI=1S/C24H35N4O/c25-24(29)18-6-12-23-22(14-18)26-15-28(23)21-10-8-19(9-11-21)27-20-7-5-16-3-1-2-4-17(16)13-20/h6,12,14-17,19-21,26-27H,1-5,7-11,13H2,(H2,25,29). The van der Waals surface area contributed by atoms with Gasteiger partial charge in [0, 0.05) is 23.7 Å². The van der Waals surface area contributed by atoms with Crippen LogP contribution in [0.2, 0.25) is 0 Å². The van der Waals surface area contributed by atoms with E-state index in [9.17, 15) is 4.79 Å². The maximum atomic E-state index is 11.4. The summed E-state index contributed by atoms with van der Waals surface area (Å²) >= 11 is 0. The summed E-state index contributed by atoms with van der Waals surface area (Å²) in [4.78, 5) is 13.8. The zero-order valence-corrected chi connectivity index (χ0v) is 17.4. The molecular formula is C24H35N4O. The third-order valence-electron chi connectivity index (χ3n) is 8.02. The molecule has 1 aromatic carbocycles. The Kier molecular flexibility index (Phi) is 5.42. The first-order valence-corrected chi connectivity index (χ1v) is 11.8. The molecule has 3 aliphatic carbocycles. The zero-order chi connectivity index (χ0) is 19.8. The maximum Gasteiger partial charge on any atom is 0.248 e. The lowest BCUT2D eigenvalue weighted by Crippen LogP contribution is -2.47. The summed E-state index contributed by atoms with van der Waals surface area (Å²) in [7, 11) is 0. The molecule has 0 aromatic heterocycles. The summed E-state index contributed by atoms with van der Waals surface area (Å²) in [6.07, 6.45) is 15.1. The summed E-state index contributed by atoms with van der Waals surface area (Å²) in [5.41, 5.74) is 8.14. The molecule has 4 aliphatic rings. The van der Waals surface area contributed by atoms with Gasteiger partial charge in [0.2, 0.25) is 5.91 Å². The van der Waals surface area contributed by atoms with Crippen LogP contribution in [0.5, 0.6) is 0 Å². The Balaban J connectivity index is 1.13. The normalized spacial score (nSPS) is 34.2. The van der Waals surface area contributed by atoms with Crippen molar-refractivity contribution < 1.29 is 4.79 Å². The lowest BCUT2D eigenvalue weighted by molar-refractivity contribution is 0.100. The summed E-state index contributed by atoms with van der Waals surface area (Å²) in [5.74, 6) is 1.66. The van der Waals surface area contributed by atoms with Gasteiger partial charge in [0.25, 0.3) is 0 Å². The number of nitrogens with one attached hydrogen (secondary N) is 2. The van der Waals surface area contributed by atoms with Crippen molar-refractivity contribution in [1.29, 1.82) is 0 Å². The molecule has 1 heterocycles. The fourth-order valence-electron chi connectivity index (χ4n) is 6.42. The highest BCUT2D eigenvalue weighted by atomic mass is 16.1. The van der Waals surface area contributed by atoms with E-state index in [1.807, 2.05) is 18.2 Å². The number of hydrogen-bond acceptors (Lipinski definition) is 4. The Labute approximate surface area is 174 Å². The number of amides is 1. The van der Waals surface area contributed by atoms with E-state index in [-0.39, 0.29) is 5.91 Å². The zero-order valence-electron chi connectivity index (χ0n) is 17.4. The SMILES string of the molecule is NC(=O)c1ccc2c(c1)N[CH]N2C1CCC(NC2CCC3CCCCC3C2)CC1. The van der Waals surface area contributed by atoms with Gasteiger partial charge in [0.1, 0.15) is 6.67 Å². The summed E-state index contributed by atoms with van der Waals surface area (Å²) in [5, 5.41) is 7.37. The monoisotopic (exact) mass is 395 g/mol. The highest BCUT2D eigenvalue weighted by molar-refractivity contribution is 5.96. The predicted molar refractivity (Wildman–Crippen MR) is 118 cm³/mol. The first-order valence-electron chi connectivity index (χ1n) is 11.8. The fraction of sp³-hybridized carbons (Fsp3) is 0.667. The van der Waals surface area contributed by atoms with Crippen molar-refractivity contribution in [3.63, 3.8) is 0 Å². The number of hydrogen-bond donors (Lipinski definition) is 3. The smallest absolute Gasteiger partial charge is 0.248 e. The van der Waals surface area contributed by atoms with Crippen molar-refractivity contribution >= 4 is 17.3 Å². The molecule has 5 heteroatoms. The largest absolute Gasteiger partial charge is 0.366 e. The van der Waals surface area contributed by atoms with Crippen molar-refractivity contribution in [3.05, 3.63) is 30.4 Å². The minimum absolute atomic E-state index is 0.373. The molecule has 0 saturated heterocycles. The van der Waals surface area contributed by atoms with Gasteiger partial charge in [0.15, 0.2) is 0 Å².